The van der Waals surface area contributed by atoms with E-state index in [1.54, 1.807) is 6.07 Å². The van der Waals surface area contributed by atoms with Gasteiger partial charge in [0, 0.05) is 33.0 Å². The van der Waals surface area contributed by atoms with Crippen LogP contribution in [0, 0.1) is 6.92 Å². The van der Waals surface area contributed by atoms with Crippen LogP contribution in [-0.2, 0) is 4.79 Å². The van der Waals surface area contributed by atoms with Crippen molar-refractivity contribution in [2.45, 2.75) is 20.3 Å². The van der Waals surface area contributed by atoms with Gasteiger partial charge in [-0.25, -0.2) is 0 Å². The van der Waals surface area contributed by atoms with E-state index in [0.29, 0.717) is 37.3 Å². The number of amides is 1. The number of carbonyl (C=O) groups is 2. The van der Waals surface area contributed by atoms with E-state index in [9.17, 15) is 9.59 Å². The number of carbonyl (C=O) groups excluding carboxylic acids is 2. The molecule has 1 heterocycles. The fourth-order valence-corrected chi connectivity index (χ4v) is 2.53. The molecule has 0 unspecified atom stereocenters. The van der Waals surface area contributed by atoms with Gasteiger partial charge in [0.1, 0.15) is 0 Å². The van der Waals surface area contributed by atoms with Crippen molar-refractivity contribution < 1.29 is 9.59 Å². The van der Waals surface area contributed by atoms with E-state index in [1.807, 2.05) is 13.0 Å². The standard InChI is InChI=1S/C14H19N3O2/c1-9-3-4-11(16-10(2)18)13-12(19)5-7-17(8-6-15)14(9)13/h3-4H,5-8,15H2,1-2H3,(H,16,18). The molecule has 2 rings (SSSR count). The largest absolute Gasteiger partial charge is 0.369 e. The molecule has 1 aromatic carbocycles. The Morgan fingerprint density at radius 3 is 2.84 bits per heavy atom. The molecule has 3 N–H and O–H groups in total. The van der Waals surface area contributed by atoms with E-state index in [2.05, 4.69) is 10.2 Å². The maximum absolute atomic E-state index is 12.2. The van der Waals surface area contributed by atoms with Gasteiger partial charge in [0.15, 0.2) is 5.78 Å². The van der Waals surface area contributed by atoms with Gasteiger partial charge in [-0.1, -0.05) is 6.07 Å². The number of hydrogen-bond donors (Lipinski definition) is 2. The number of benzene rings is 1. The molecule has 5 nitrogen and oxygen atoms in total. The molecule has 5 heteroatoms. The quantitative estimate of drug-likeness (QED) is 0.860. The average Bonchev–Trinajstić information content (AvgIpc) is 2.35. The first-order valence-electron chi connectivity index (χ1n) is 6.44. The first-order valence-corrected chi connectivity index (χ1v) is 6.44. The highest BCUT2D eigenvalue weighted by atomic mass is 16.1. The number of Topliss-reactive ketones (excluding diaryl/α,β-unsaturated/α-hetero) is 1. The third-order valence-corrected chi connectivity index (χ3v) is 3.29. The van der Waals surface area contributed by atoms with Crippen LogP contribution in [0.2, 0.25) is 0 Å². The second-order valence-electron chi connectivity index (χ2n) is 4.78. The summed E-state index contributed by atoms with van der Waals surface area (Å²) in [6.45, 7) is 5.35. The van der Waals surface area contributed by atoms with E-state index in [4.69, 9.17) is 5.73 Å². The fourth-order valence-electron chi connectivity index (χ4n) is 2.53. The first-order chi connectivity index (χ1) is 9.04. The van der Waals surface area contributed by atoms with Gasteiger partial charge < -0.3 is 16.0 Å². The molecule has 0 saturated carbocycles. The SMILES string of the molecule is CC(=O)Nc1ccc(C)c2c1C(=O)CCN2CCN. The number of hydrogen-bond acceptors (Lipinski definition) is 4. The van der Waals surface area contributed by atoms with Crippen molar-refractivity contribution in [1.29, 1.82) is 0 Å². The summed E-state index contributed by atoms with van der Waals surface area (Å²) in [4.78, 5) is 25.5. The average molecular weight is 261 g/mol. The topological polar surface area (TPSA) is 75.4 Å². The van der Waals surface area contributed by atoms with Crippen LogP contribution in [0.25, 0.3) is 0 Å². The third-order valence-electron chi connectivity index (χ3n) is 3.29. The summed E-state index contributed by atoms with van der Waals surface area (Å²) in [5.41, 5.74) is 8.78. The molecule has 1 amide bonds. The Bertz CT molecular complexity index is 526. The van der Waals surface area contributed by atoms with Crippen LogP contribution in [0.15, 0.2) is 12.1 Å². The van der Waals surface area contributed by atoms with E-state index >= 15 is 0 Å². The van der Waals surface area contributed by atoms with Crippen molar-refractivity contribution in [3.8, 4) is 0 Å². The Labute approximate surface area is 112 Å². The summed E-state index contributed by atoms with van der Waals surface area (Å²) in [7, 11) is 0. The molecular weight excluding hydrogens is 242 g/mol. The number of nitrogens with zero attached hydrogens (tertiary/aromatic N) is 1. The molecule has 1 aliphatic rings. The summed E-state index contributed by atoms with van der Waals surface area (Å²) in [6.07, 6.45) is 0.461. The van der Waals surface area contributed by atoms with Crippen LogP contribution in [0.4, 0.5) is 11.4 Å². The van der Waals surface area contributed by atoms with Crippen LogP contribution in [0.1, 0.15) is 29.3 Å². The van der Waals surface area contributed by atoms with E-state index in [1.165, 1.54) is 6.92 Å². The van der Waals surface area contributed by atoms with Crippen LogP contribution < -0.4 is 16.0 Å². The highest BCUT2D eigenvalue weighted by Crippen LogP contribution is 2.35. The summed E-state index contributed by atoms with van der Waals surface area (Å²) in [5, 5.41) is 2.74. The highest BCUT2D eigenvalue weighted by molar-refractivity contribution is 6.10. The molecule has 19 heavy (non-hydrogen) atoms. The van der Waals surface area contributed by atoms with Crippen molar-refractivity contribution in [1.82, 2.24) is 0 Å². The predicted molar refractivity (Wildman–Crippen MR) is 75.7 cm³/mol. The minimum atomic E-state index is -0.171. The number of aryl methyl sites for hydroxylation is 1. The van der Waals surface area contributed by atoms with Crippen molar-refractivity contribution >= 4 is 23.1 Å². The predicted octanol–water partition coefficient (Wildman–Crippen LogP) is 1.30. The molecular formula is C14H19N3O2. The van der Waals surface area contributed by atoms with Gasteiger partial charge in [-0.15, -0.1) is 0 Å². The van der Waals surface area contributed by atoms with Crippen molar-refractivity contribution in [3.63, 3.8) is 0 Å². The van der Waals surface area contributed by atoms with Gasteiger partial charge in [-0.05, 0) is 18.6 Å². The van der Waals surface area contributed by atoms with Crippen LogP contribution in [0.5, 0.6) is 0 Å². The zero-order valence-electron chi connectivity index (χ0n) is 11.3. The zero-order chi connectivity index (χ0) is 14.0. The van der Waals surface area contributed by atoms with Gasteiger partial charge in [0.25, 0.3) is 0 Å². The van der Waals surface area contributed by atoms with Crippen molar-refractivity contribution in [3.05, 3.63) is 23.3 Å². The molecule has 0 aliphatic carbocycles. The molecule has 0 atom stereocenters. The molecule has 0 fully saturated rings. The van der Waals surface area contributed by atoms with Crippen molar-refractivity contribution in [2.24, 2.45) is 5.73 Å². The van der Waals surface area contributed by atoms with E-state index in [0.717, 1.165) is 11.3 Å². The zero-order valence-corrected chi connectivity index (χ0v) is 11.3. The number of nitrogens with two attached hydrogens (primary N) is 1. The lowest BCUT2D eigenvalue weighted by Gasteiger charge is -2.32. The Morgan fingerprint density at radius 1 is 1.47 bits per heavy atom. The second kappa shape index (κ2) is 5.40. The Hall–Kier alpha value is -1.88. The summed E-state index contributed by atoms with van der Waals surface area (Å²) >= 11 is 0. The van der Waals surface area contributed by atoms with Gasteiger partial charge in [-0.2, -0.15) is 0 Å². The first kappa shape index (κ1) is 13.5. The Kier molecular flexibility index (Phi) is 3.85. The van der Waals surface area contributed by atoms with E-state index < -0.39 is 0 Å². The van der Waals surface area contributed by atoms with Crippen LogP contribution >= 0.6 is 0 Å². The number of anilines is 2. The third kappa shape index (κ3) is 2.61. The molecule has 1 aliphatic heterocycles. The van der Waals surface area contributed by atoms with Crippen LogP contribution in [0.3, 0.4) is 0 Å². The molecule has 102 valence electrons. The number of nitrogens with one attached hydrogen (secondary N) is 1. The molecule has 0 bridgehead atoms. The van der Waals surface area contributed by atoms with Crippen molar-refractivity contribution in [2.75, 3.05) is 29.9 Å². The Morgan fingerprint density at radius 2 is 2.21 bits per heavy atom. The Balaban J connectivity index is 2.54. The molecule has 0 radical (unpaired) electrons. The summed E-state index contributed by atoms with van der Waals surface area (Å²) in [5.74, 6) is -0.0921. The highest BCUT2D eigenvalue weighted by Gasteiger charge is 2.27. The minimum Gasteiger partial charge on any atom is -0.369 e. The smallest absolute Gasteiger partial charge is 0.221 e. The van der Waals surface area contributed by atoms with Gasteiger partial charge in [0.05, 0.1) is 16.9 Å². The second-order valence-corrected chi connectivity index (χ2v) is 4.78. The normalized spacial score (nSPS) is 14.3. The lowest BCUT2D eigenvalue weighted by Crippen LogP contribution is -2.37. The minimum absolute atomic E-state index is 0.0794. The lowest BCUT2D eigenvalue weighted by molar-refractivity contribution is -0.114. The fraction of sp³-hybridized carbons (Fsp3) is 0.429. The summed E-state index contributed by atoms with van der Waals surface area (Å²) in [6, 6.07) is 3.71. The monoisotopic (exact) mass is 261 g/mol. The molecule has 0 spiro atoms. The molecule has 0 saturated heterocycles. The maximum atomic E-state index is 12.2. The van der Waals surface area contributed by atoms with Gasteiger partial charge >= 0.3 is 0 Å². The molecule has 0 aromatic heterocycles. The number of rotatable bonds is 3. The number of ketones is 1. The van der Waals surface area contributed by atoms with Gasteiger partial charge in [-0.3, -0.25) is 9.59 Å². The number of fused-ring (bicyclic) bond motifs is 1. The van der Waals surface area contributed by atoms with Gasteiger partial charge in [0.2, 0.25) is 5.91 Å². The molecule has 1 aromatic rings. The maximum Gasteiger partial charge on any atom is 0.221 e. The summed E-state index contributed by atoms with van der Waals surface area (Å²) < 4.78 is 0. The van der Waals surface area contributed by atoms with E-state index in [-0.39, 0.29) is 11.7 Å². The lowest BCUT2D eigenvalue weighted by atomic mass is 9.95. The van der Waals surface area contributed by atoms with Crippen LogP contribution in [-0.4, -0.2) is 31.3 Å².